The Morgan fingerprint density at radius 2 is 2.18 bits per heavy atom. The fourth-order valence-corrected chi connectivity index (χ4v) is 5.73. The van der Waals surface area contributed by atoms with Gasteiger partial charge in [-0.3, -0.25) is 4.99 Å². The van der Waals surface area contributed by atoms with Crippen LogP contribution in [0.25, 0.3) is 0 Å². The SMILES string of the molecule is CC1=NC(C)C(S(=O)(=O)N2CCCOCC2)S1. The van der Waals surface area contributed by atoms with Crippen molar-refractivity contribution >= 4 is 26.8 Å². The molecule has 0 aliphatic carbocycles. The Morgan fingerprint density at radius 3 is 2.82 bits per heavy atom. The lowest BCUT2D eigenvalue weighted by Crippen LogP contribution is -2.41. The van der Waals surface area contributed by atoms with Crippen molar-refractivity contribution in [1.29, 1.82) is 0 Å². The van der Waals surface area contributed by atoms with Crippen LogP contribution in [0.5, 0.6) is 0 Å². The highest BCUT2D eigenvalue weighted by atomic mass is 32.3. The van der Waals surface area contributed by atoms with Gasteiger partial charge >= 0.3 is 0 Å². The maximum Gasteiger partial charge on any atom is 0.229 e. The molecule has 0 radical (unpaired) electrons. The minimum Gasteiger partial charge on any atom is -0.380 e. The van der Waals surface area contributed by atoms with Gasteiger partial charge in [-0.2, -0.15) is 4.31 Å². The minimum absolute atomic E-state index is 0.158. The van der Waals surface area contributed by atoms with Gasteiger partial charge in [0.1, 0.15) is 4.58 Å². The Labute approximate surface area is 107 Å². The van der Waals surface area contributed by atoms with E-state index in [1.807, 2.05) is 13.8 Å². The fraction of sp³-hybridized carbons (Fsp3) is 0.900. The van der Waals surface area contributed by atoms with Gasteiger partial charge in [-0.15, -0.1) is 0 Å². The summed E-state index contributed by atoms with van der Waals surface area (Å²) in [7, 11) is -3.27. The first-order valence-electron chi connectivity index (χ1n) is 5.79. The molecule has 0 saturated carbocycles. The molecular weight excluding hydrogens is 260 g/mol. The molecule has 0 aromatic carbocycles. The smallest absolute Gasteiger partial charge is 0.229 e. The first kappa shape index (κ1) is 13.3. The van der Waals surface area contributed by atoms with Gasteiger partial charge in [-0.05, 0) is 20.3 Å². The monoisotopic (exact) mass is 278 g/mol. The van der Waals surface area contributed by atoms with Crippen LogP contribution < -0.4 is 0 Å². The number of aliphatic imine (C=N–C) groups is 1. The van der Waals surface area contributed by atoms with Crippen LogP contribution in [0.2, 0.25) is 0 Å². The molecule has 17 heavy (non-hydrogen) atoms. The quantitative estimate of drug-likeness (QED) is 0.753. The van der Waals surface area contributed by atoms with Gasteiger partial charge in [0.25, 0.3) is 0 Å². The van der Waals surface area contributed by atoms with E-state index in [2.05, 4.69) is 4.99 Å². The van der Waals surface area contributed by atoms with Crippen LogP contribution in [0.15, 0.2) is 4.99 Å². The molecule has 0 spiro atoms. The second-order valence-electron chi connectivity index (χ2n) is 4.28. The fourth-order valence-electron chi connectivity index (χ4n) is 2.08. The zero-order valence-electron chi connectivity index (χ0n) is 10.1. The van der Waals surface area contributed by atoms with Crippen molar-refractivity contribution in [3.8, 4) is 0 Å². The van der Waals surface area contributed by atoms with E-state index in [0.29, 0.717) is 26.3 Å². The molecule has 0 aromatic rings. The normalized spacial score (nSPS) is 32.2. The van der Waals surface area contributed by atoms with E-state index in [4.69, 9.17) is 4.74 Å². The summed E-state index contributed by atoms with van der Waals surface area (Å²) in [5, 5.41) is 0.858. The Bertz CT molecular complexity index is 400. The number of thioether (sulfide) groups is 1. The van der Waals surface area contributed by atoms with Crippen LogP contribution in [0.3, 0.4) is 0 Å². The maximum absolute atomic E-state index is 12.5. The summed E-state index contributed by atoms with van der Waals surface area (Å²) >= 11 is 1.36. The van der Waals surface area contributed by atoms with Crippen molar-refractivity contribution in [2.24, 2.45) is 4.99 Å². The topological polar surface area (TPSA) is 59.0 Å². The molecule has 1 fully saturated rings. The zero-order valence-corrected chi connectivity index (χ0v) is 11.8. The Kier molecular flexibility index (Phi) is 4.12. The lowest BCUT2D eigenvalue weighted by Gasteiger charge is -2.24. The van der Waals surface area contributed by atoms with Crippen molar-refractivity contribution in [3.63, 3.8) is 0 Å². The Balaban J connectivity index is 2.13. The van der Waals surface area contributed by atoms with Crippen LogP contribution in [-0.4, -0.2) is 54.7 Å². The number of rotatable bonds is 2. The third-order valence-electron chi connectivity index (χ3n) is 2.90. The standard InChI is InChI=1S/C10H18N2O3S2/c1-8-10(16-9(2)11-8)17(13,14)12-4-3-6-15-7-5-12/h8,10H,3-7H2,1-2H3. The lowest BCUT2D eigenvalue weighted by molar-refractivity contribution is 0.148. The maximum atomic E-state index is 12.5. The third-order valence-corrected chi connectivity index (χ3v) is 7.06. The van der Waals surface area contributed by atoms with E-state index in [0.717, 1.165) is 11.5 Å². The molecule has 7 heteroatoms. The van der Waals surface area contributed by atoms with Crippen molar-refractivity contribution < 1.29 is 13.2 Å². The summed E-state index contributed by atoms with van der Waals surface area (Å²) in [5.41, 5.74) is 0. The molecule has 2 unspecified atom stereocenters. The van der Waals surface area contributed by atoms with Gasteiger partial charge in [0.05, 0.1) is 17.7 Å². The van der Waals surface area contributed by atoms with E-state index >= 15 is 0 Å². The Morgan fingerprint density at radius 1 is 1.41 bits per heavy atom. The highest BCUT2D eigenvalue weighted by molar-refractivity contribution is 8.22. The molecule has 98 valence electrons. The molecule has 0 aromatic heterocycles. The van der Waals surface area contributed by atoms with Crippen LogP contribution >= 0.6 is 11.8 Å². The molecule has 2 atom stereocenters. The van der Waals surface area contributed by atoms with Crippen LogP contribution in [0.1, 0.15) is 20.3 Å². The molecule has 0 amide bonds. The number of nitrogens with zero attached hydrogens (tertiary/aromatic N) is 2. The van der Waals surface area contributed by atoms with Crippen LogP contribution in [-0.2, 0) is 14.8 Å². The van der Waals surface area contributed by atoms with Gasteiger partial charge in [-0.25, -0.2) is 8.42 Å². The van der Waals surface area contributed by atoms with E-state index < -0.39 is 14.6 Å². The van der Waals surface area contributed by atoms with Gasteiger partial charge in [0.15, 0.2) is 0 Å². The molecule has 2 aliphatic heterocycles. The number of sulfonamides is 1. The lowest BCUT2D eigenvalue weighted by atomic mass is 10.4. The summed E-state index contributed by atoms with van der Waals surface area (Å²) in [4.78, 5) is 4.30. The number of hydrogen-bond donors (Lipinski definition) is 0. The second kappa shape index (κ2) is 5.26. The summed E-state index contributed by atoms with van der Waals surface area (Å²) < 4.78 is 31.3. The molecule has 1 saturated heterocycles. The Hall–Kier alpha value is -0.110. The van der Waals surface area contributed by atoms with E-state index in [9.17, 15) is 8.42 Å². The predicted octanol–water partition coefficient (Wildman–Crippen LogP) is 0.918. The summed E-state index contributed by atoms with van der Waals surface area (Å²) in [6.07, 6.45) is 0.769. The molecule has 2 rings (SSSR count). The average Bonchev–Trinajstić information content (AvgIpc) is 2.52. The first-order chi connectivity index (χ1) is 8.01. The van der Waals surface area contributed by atoms with Crippen LogP contribution in [0, 0.1) is 0 Å². The van der Waals surface area contributed by atoms with E-state index in [-0.39, 0.29) is 6.04 Å². The number of hydrogen-bond acceptors (Lipinski definition) is 5. The summed E-state index contributed by atoms with van der Waals surface area (Å²) in [6, 6.07) is -0.158. The van der Waals surface area contributed by atoms with Gasteiger partial charge in [0, 0.05) is 19.7 Å². The second-order valence-corrected chi connectivity index (χ2v) is 7.97. The predicted molar refractivity (Wildman–Crippen MR) is 69.9 cm³/mol. The zero-order chi connectivity index (χ0) is 12.5. The van der Waals surface area contributed by atoms with E-state index in [1.54, 1.807) is 4.31 Å². The minimum atomic E-state index is -3.27. The third kappa shape index (κ3) is 2.83. The van der Waals surface area contributed by atoms with Gasteiger partial charge in [-0.1, -0.05) is 11.8 Å². The van der Waals surface area contributed by atoms with Crippen LogP contribution in [0.4, 0.5) is 0 Å². The molecular formula is C10H18N2O3S2. The summed E-state index contributed by atoms with van der Waals surface area (Å²) in [6.45, 7) is 5.89. The summed E-state index contributed by atoms with van der Waals surface area (Å²) in [5.74, 6) is 0. The van der Waals surface area contributed by atoms with Crippen molar-refractivity contribution in [3.05, 3.63) is 0 Å². The highest BCUT2D eigenvalue weighted by Gasteiger charge is 2.40. The van der Waals surface area contributed by atoms with Crippen molar-refractivity contribution in [1.82, 2.24) is 4.31 Å². The largest absolute Gasteiger partial charge is 0.380 e. The average molecular weight is 278 g/mol. The molecule has 2 aliphatic rings. The molecule has 5 nitrogen and oxygen atoms in total. The van der Waals surface area contributed by atoms with Gasteiger partial charge < -0.3 is 4.74 Å². The van der Waals surface area contributed by atoms with E-state index in [1.165, 1.54) is 11.8 Å². The van der Waals surface area contributed by atoms with Crippen molar-refractivity contribution in [2.45, 2.75) is 30.9 Å². The molecule has 0 bridgehead atoms. The van der Waals surface area contributed by atoms with Crippen molar-refractivity contribution in [2.75, 3.05) is 26.3 Å². The molecule has 0 N–H and O–H groups in total. The first-order valence-corrected chi connectivity index (χ1v) is 8.18. The van der Waals surface area contributed by atoms with Gasteiger partial charge in [0.2, 0.25) is 10.0 Å². The molecule has 2 heterocycles. The number of ether oxygens (including phenoxy) is 1. The highest BCUT2D eigenvalue weighted by Crippen LogP contribution is 2.32.